The van der Waals surface area contributed by atoms with E-state index in [1.54, 1.807) is 0 Å². The summed E-state index contributed by atoms with van der Waals surface area (Å²) in [6.45, 7) is 1.78. The molecule has 17 heavy (non-hydrogen) atoms. The molecule has 1 heterocycles. The van der Waals surface area contributed by atoms with Crippen LogP contribution >= 0.6 is 0 Å². The third kappa shape index (κ3) is 10.3. The maximum Gasteiger partial charge on any atom is 1.00 e. The van der Waals surface area contributed by atoms with Gasteiger partial charge < -0.3 is 25.6 Å². The van der Waals surface area contributed by atoms with E-state index in [4.69, 9.17) is 5.11 Å². The molecular formula is C9H15N2NaO5. The van der Waals surface area contributed by atoms with Crippen LogP contribution in [-0.2, 0) is 14.4 Å². The first-order valence-corrected chi connectivity index (χ1v) is 4.83. The average Bonchev–Trinajstić information content (AvgIpc) is 2.63. The molecule has 0 spiro atoms. The SMILES string of the molecule is CC(=O)NCCO.O=C1CC[C@@H](C(=O)[O-])N1.[Na+]. The van der Waals surface area contributed by atoms with Crippen molar-refractivity contribution in [2.24, 2.45) is 0 Å². The number of aliphatic hydroxyl groups excluding tert-OH is 1. The monoisotopic (exact) mass is 254 g/mol. The molecule has 1 fully saturated rings. The Kier molecular flexibility index (Phi) is 11.6. The van der Waals surface area contributed by atoms with Crippen molar-refractivity contribution in [2.75, 3.05) is 13.2 Å². The van der Waals surface area contributed by atoms with E-state index in [9.17, 15) is 19.5 Å². The Labute approximate surface area is 121 Å². The minimum absolute atomic E-state index is 0. The number of hydrogen-bond donors (Lipinski definition) is 3. The number of rotatable bonds is 3. The summed E-state index contributed by atoms with van der Waals surface area (Å²) < 4.78 is 0. The third-order valence-electron chi connectivity index (χ3n) is 1.77. The van der Waals surface area contributed by atoms with Crippen LogP contribution in [0, 0.1) is 0 Å². The summed E-state index contributed by atoms with van der Waals surface area (Å²) in [6.07, 6.45) is 0.666. The van der Waals surface area contributed by atoms with Gasteiger partial charge in [-0.2, -0.15) is 0 Å². The molecule has 0 unspecified atom stereocenters. The van der Waals surface area contributed by atoms with Gasteiger partial charge in [0.2, 0.25) is 11.8 Å². The Morgan fingerprint density at radius 3 is 2.35 bits per heavy atom. The van der Waals surface area contributed by atoms with E-state index in [2.05, 4.69) is 10.6 Å². The second kappa shape index (κ2) is 10.5. The summed E-state index contributed by atoms with van der Waals surface area (Å²) in [4.78, 5) is 30.4. The van der Waals surface area contributed by atoms with E-state index < -0.39 is 12.0 Å². The van der Waals surface area contributed by atoms with Crippen molar-refractivity contribution < 1.29 is 54.2 Å². The molecule has 0 bridgehead atoms. The summed E-state index contributed by atoms with van der Waals surface area (Å²) in [5.41, 5.74) is 0. The smallest absolute Gasteiger partial charge is 0.548 e. The maximum absolute atomic E-state index is 10.4. The molecule has 1 atom stereocenters. The molecule has 8 heteroatoms. The fourth-order valence-electron chi connectivity index (χ4n) is 1.02. The van der Waals surface area contributed by atoms with Gasteiger partial charge in [-0.15, -0.1) is 0 Å². The van der Waals surface area contributed by atoms with Crippen molar-refractivity contribution in [3.05, 3.63) is 0 Å². The van der Waals surface area contributed by atoms with Crippen molar-refractivity contribution in [3.63, 3.8) is 0 Å². The van der Waals surface area contributed by atoms with Crippen molar-refractivity contribution in [1.29, 1.82) is 0 Å². The van der Waals surface area contributed by atoms with Gasteiger partial charge in [0.05, 0.1) is 18.6 Å². The topological polar surface area (TPSA) is 119 Å². The van der Waals surface area contributed by atoms with Crippen molar-refractivity contribution >= 4 is 17.8 Å². The van der Waals surface area contributed by atoms with Crippen LogP contribution < -0.4 is 45.3 Å². The second-order valence-corrected chi connectivity index (χ2v) is 3.18. The average molecular weight is 254 g/mol. The fraction of sp³-hybridized carbons (Fsp3) is 0.667. The fourth-order valence-corrected chi connectivity index (χ4v) is 1.02. The molecule has 1 saturated heterocycles. The van der Waals surface area contributed by atoms with Gasteiger partial charge in [-0.05, 0) is 6.42 Å². The number of carboxylic acid groups (broad SMARTS) is 1. The molecule has 7 nitrogen and oxygen atoms in total. The molecule has 1 aliphatic heterocycles. The largest absolute Gasteiger partial charge is 1.00 e. The summed E-state index contributed by atoms with van der Waals surface area (Å²) in [5, 5.41) is 22.8. The summed E-state index contributed by atoms with van der Waals surface area (Å²) in [7, 11) is 0. The minimum Gasteiger partial charge on any atom is -0.548 e. The van der Waals surface area contributed by atoms with Crippen LogP contribution in [0.15, 0.2) is 0 Å². The summed E-state index contributed by atoms with van der Waals surface area (Å²) >= 11 is 0. The normalized spacial score (nSPS) is 17.1. The molecule has 0 aromatic carbocycles. The number of amides is 2. The van der Waals surface area contributed by atoms with Crippen LogP contribution in [0.2, 0.25) is 0 Å². The molecule has 0 aliphatic carbocycles. The number of aliphatic carboxylic acids is 1. The predicted molar refractivity (Wildman–Crippen MR) is 51.9 cm³/mol. The summed E-state index contributed by atoms with van der Waals surface area (Å²) in [5.74, 6) is -1.50. The third-order valence-corrected chi connectivity index (χ3v) is 1.77. The molecular weight excluding hydrogens is 239 g/mol. The van der Waals surface area contributed by atoms with E-state index in [1.165, 1.54) is 6.92 Å². The van der Waals surface area contributed by atoms with Crippen LogP contribution in [0.25, 0.3) is 0 Å². The number of carbonyl (C=O) groups is 3. The van der Waals surface area contributed by atoms with Gasteiger partial charge in [0.25, 0.3) is 0 Å². The molecule has 3 N–H and O–H groups in total. The summed E-state index contributed by atoms with van der Waals surface area (Å²) in [6, 6.07) is -0.752. The van der Waals surface area contributed by atoms with Crippen molar-refractivity contribution in [2.45, 2.75) is 25.8 Å². The molecule has 0 saturated carbocycles. The van der Waals surface area contributed by atoms with Crippen LogP contribution in [0.1, 0.15) is 19.8 Å². The van der Waals surface area contributed by atoms with Gasteiger partial charge in [-0.3, -0.25) is 9.59 Å². The quantitative estimate of drug-likeness (QED) is 0.433. The van der Waals surface area contributed by atoms with Crippen LogP contribution in [0.4, 0.5) is 0 Å². The van der Waals surface area contributed by atoms with Gasteiger partial charge in [0.15, 0.2) is 0 Å². The first kappa shape index (κ1) is 18.7. The van der Waals surface area contributed by atoms with Crippen LogP contribution in [0.3, 0.4) is 0 Å². The van der Waals surface area contributed by atoms with E-state index in [0.717, 1.165) is 0 Å². The van der Waals surface area contributed by atoms with Crippen molar-refractivity contribution in [3.8, 4) is 0 Å². The van der Waals surface area contributed by atoms with Gasteiger partial charge in [-0.25, -0.2) is 0 Å². The van der Waals surface area contributed by atoms with Gasteiger partial charge in [0.1, 0.15) is 0 Å². The standard InChI is InChI=1S/C5H7NO3.C4H9NO2.Na/c7-4-2-1-3(6-4)5(8)9;1-4(7)5-2-3-6;/h3H,1-2H2,(H,6,7)(H,8,9);6H,2-3H2,1H3,(H,5,7);/q;;+1/p-1/t3-;;/m0../s1. The van der Waals surface area contributed by atoms with Gasteiger partial charge in [0, 0.05) is 19.9 Å². The number of carbonyl (C=O) groups excluding carboxylic acids is 3. The van der Waals surface area contributed by atoms with Gasteiger partial charge >= 0.3 is 29.6 Å². The Balaban J connectivity index is 0. The van der Waals surface area contributed by atoms with E-state index in [-0.39, 0.29) is 48.0 Å². The zero-order valence-corrected chi connectivity index (χ0v) is 12.0. The van der Waals surface area contributed by atoms with Gasteiger partial charge in [-0.1, -0.05) is 0 Å². The minimum atomic E-state index is -1.19. The Bertz CT molecular complexity index is 272. The zero-order valence-electron chi connectivity index (χ0n) is 9.99. The molecule has 92 valence electrons. The first-order chi connectivity index (χ1) is 7.47. The van der Waals surface area contributed by atoms with E-state index in [0.29, 0.717) is 19.4 Å². The van der Waals surface area contributed by atoms with Crippen molar-refractivity contribution in [1.82, 2.24) is 10.6 Å². The Hall–Kier alpha value is -0.630. The first-order valence-electron chi connectivity index (χ1n) is 4.83. The Morgan fingerprint density at radius 1 is 1.59 bits per heavy atom. The van der Waals surface area contributed by atoms with Crippen LogP contribution in [0.5, 0.6) is 0 Å². The molecule has 1 rings (SSSR count). The number of aliphatic hydroxyl groups is 1. The zero-order chi connectivity index (χ0) is 12.6. The maximum atomic E-state index is 10.4. The van der Waals surface area contributed by atoms with E-state index >= 15 is 0 Å². The molecule has 0 aromatic heterocycles. The molecule has 2 amide bonds. The number of hydrogen-bond acceptors (Lipinski definition) is 5. The van der Waals surface area contributed by atoms with Crippen LogP contribution in [-0.4, -0.2) is 42.1 Å². The second-order valence-electron chi connectivity index (χ2n) is 3.18. The van der Waals surface area contributed by atoms with E-state index in [1.807, 2.05) is 0 Å². The molecule has 0 aromatic rings. The number of carboxylic acids is 1. The number of nitrogens with one attached hydrogen (secondary N) is 2. The Morgan fingerprint density at radius 2 is 2.18 bits per heavy atom. The molecule has 1 aliphatic rings. The molecule has 0 radical (unpaired) electrons. The predicted octanol–water partition coefficient (Wildman–Crippen LogP) is -5.87.